The molecule has 0 bridgehead atoms. The molecule has 1 fully saturated rings. The zero-order valence-corrected chi connectivity index (χ0v) is 13.8. The summed E-state index contributed by atoms with van der Waals surface area (Å²) in [5.74, 6) is -0.618. The second-order valence-corrected chi connectivity index (χ2v) is 6.93. The van der Waals surface area contributed by atoms with Crippen LogP contribution in [0.5, 0.6) is 0 Å². The molecule has 6 heteroatoms. The third kappa shape index (κ3) is 3.42. The van der Waals surface area contributed by atoms with E-state index in [-0.39, 0.29) is 23.7 Å². The number of amides is 2. The fraction of sp³-hybridized carbons (Fsp3) is 0.353. The highest BCUT2D eigenvalue weighted by atomic mass is 32.1. The lowest BCUT2D eigenvalue weighted by molar-refractivity contribution is -0.122. The molecule has 0 spiro atoms. The van der Waals surface area contributed by atoms with Crippen molar-refractivity contribution in [1.29, 1.82) is 0 Å². The summed E-state index contributed by atoms with van der Waals surface area (Å²) in [5, 5.41) is 2.71. The predicted octanol–water partition coefficient (Wildman–Crippen LogP) is 1.93. The number of benzene rings is 1. The smallest absolute Gasteiger partial charge is 0.273 e. The number of nitrogens with zero attached hydrogens (tertiary/aromatic N) is 2. The Labute approximate surface area is 139 Å². The number of thiazole rings is 1. The van der Waals surface area contributed by atoms with Crippen molar-refractivity contribution in [3.8, 4) is 0 Å². The monoisotopic (exact) mass is 329 g/mol. The van der Waals surface area contributed by atoms with E-state index in [1.54, 1.807) is 10.3 Å². The van der Waals surface area contributed by atoms with Gasteiger partial charge in [-0.3, -0.25) is 9.59 Å². The van der Waals surface area contributed by atoms with Crippen LogP contribution in [0.3, 0.4) is 0 Å². The lowest BCUT2D eigenvalue weighted by Crippen LogP contribution is -2.32. The van der Waals surface area contributed by atoms with Gasteiger partial charge in [0, 0.05) is 24.9 Å². The molecular formula is C17H19N3O2S. The molecule has 3 rings (SSSR count). The van der Waals surface area contributed by atoms with Crippen molar-refractivity contribution in [3.63, 3.8) is 0 Å². The minimum atomic E-state index is -0.337. The molecule has 120 valence electrons. The Morgan fingerprint density at radius 1 is 1.30 bits per heavy atom. The van der Waals surface area contributed by atoms with Crippen molar-refractivity contribution in [3.05, 3.63) is 52.0 Å². The molecule has 23 heavy (non-hydrogen) atoms. The van der Waals surface area contributed by atoms with Crippen LogP contribution in [-0.2, 0) is 11.2 Å². The van der Waals surface area contributed by atoms with Crippen LogP contribution in [0.2, 0.25) is 0 Å². The molecule has 2 aromatic rings. The van der Waals surface area contributed by atoms with Gasteiger partial charge in [0.15, 0.2) is 0 Å². The average Bonchev–Trinajstić information content (AvgIpc) is 3.14. The number of rotatable bonds is 4. The SMILES string of the molecule is C[C@@H]1CN(C(=O)c2csc(Cc3ccccc3)n2)C[C@H]1C(N)=O. The Balaban J connectivity index is 1.68. The quantitative estimate of drug-likeness (QED) is 0.931. The Morgan fingerprint density at radius 3 is 2.70 bits per heavy atom. The third-order valence-corrected chi connectivity index (χ3v) is 5.08. The lowest BCUT2D eigenvalue weighted by Gasteiger charge is -2.14. The van der Waals surface area contributed by atoms with Crippen molar-refractivity contribution < 1.29 is 9.59 Å². The van der Waals surface area contributed by atoms with Gasteiger partial charge in [0.1, 0.15) is 5.69 Å². The van der Waals surface area contributed by atoms with E-state index >= 15 is 0 Å². The first-order chi connectivity index (χ1) is 11.0. The second-order valence-electron chi connectivity index (χ2n) is 5.99. The first-order valence-electron chi connectivity index (χ1n) is 7.61. The van der Waals surface area contributed by atoms with E-state index in [0.717, 1.165) is 11.4 Å². The molecule has 2 atom stereocenters. The van der Waals surface area contributed by atoms with Crippen molar-refractivity contribution in [1.82, 2.24) is 9.88 Å². The molecule has 1 aliphatic rings. The Bertz CT molecular complexity index is 714. The molecule has 1 saturated heterocycles. The Hall–Kier alpha value is -2.21. The van der Waals surface area contributed by atoms with Crippen LogP contribution in [0.1, 0.15) is 28.0 Å². The number of aromatic nitrogens is 1. The van der Waals surface area contributed by atoms with Gasteiger partial charge in [-0.1, -0.05) is 37.3 Å². The number of carbonyl (C=O) groups is 2. The van der Waals surface area contributed by atoms with Gasteiger partial charge < -0.3 is 10.6 Å². The molecule has 1 aromatic carbocycles. The van der Waals surface area contributed by atoms with E-state index < -0.39 is 0 Å². The summed E-state index contributed by atoms with van der Waals surface area (Å²) < 4.78 is 0. The first-order valence-corrected chi connectivity index (χ1v) is 8.49. The minimum Gasteiger partial charge on any atom is -0.369 e. The fourth-order valence-corrected chi connectivity index (χ4v) is 3.73. The number of likely N-dealkylation sites (tertiary alicyclic amines) is 1. The van der Waals surface area contributed by atoms with Gasteiger partial charge in [-0.15, -0.1) is 11.3 Å². The van der Waals surface area contributed by atoms with E-state index in [0.29, 0.717) is 18.8 Å². The highest BCUT2D eigenvalue weighted by Crippen LogP contribution is 2.25. The van der Waals surface area contributed by atoms with E-state index in [9.17, 15) is 9.59 Å². The lowest BCUT2D eigenvalue weighted by atomic mass is 9.98. The van der Waals surface area contributed by atoms with Crippen LogP contribution < -0.4 is 5.73 Å². The maximum absolute atomic E-state index is 12.5. The zero-order chi connectivity index (χ0) is 16.4. The molecule has 0 aliphatic carbocycles. The second kappa shape index (κ2) is 6.50. The summed E-state index contributed by atoms with van der Waals surface area (Å²) in [6, 6.07) is 10.0. The molecule has 5 nitrogen and oxygen atoms in total. The summed E-state index contributed by atoms with van der Waals surface area (Å²) >= 11 is 1.49. The number of nitrogens with two attached hydrogens (primary N) is 1. The van der Waals surface area contributed by atoms with Crippen LogP contribution in [-0.4, -0.2) is 34.8 Å². The minimum absolute atomic E-state index is 0.0962. The molecular weight excluding hydrogens is 310 g/mol. The molecule has 1 aromatic heterocycles. The standard InChI is InChI=1S/C17H19N3O2S/c1-11-8-20(9-13(11)16(18)21)17(22)14-10-23-15(19-14)7-12-5-3-2-4-6-12/h2-6,10-11,13H,7-9H2,1H3,(H2,18,21)/t11-,13-/m1/s1. The summed E-state index contributed by atoms with van der Waals surface area (Å²) in [7, 11) is 0. The van der Waals surface area contributed by atoms with Crippen molar-refractivity contribution in [2.24, 2.45) is 17.6 Å². The maximum Gasteiger partial charge on any atom is 0.273 e. The topological polar surface area (TPSA) is 76.3 Å². The largest absolute Gasteiger partial charge is 0.369 e. The maximum atomic E-state index is 12.5. The van der Waals surface area contributed by atoms with Crippen LogP contribution >= 0.6 is 11.3 Å². The number of carbonyl (C=O) groups excluding carboxylic acids is 2. The van der Waals surface area contributed by atoms with Crippen molar-refractivity contribution in [2.45, 2.75) is 13.3 Å². The summed E-state index contributed by atoms with van der Waals surface area (Å²) in [6.45, 7) is 2.89. The summed E-state index contributed by atoms with van der Waals surface area (Å²) in [6.07, 6.45) is 0.721. The molecule has 0 unspecified atom stereocenters. The molecule has 2 amide bonds. The Morgan fingerprint density at radius 2 is 2.04 bits per heavy atom. The van der Waals surface area contributed by atoms with Gasteiger partial charge in [-0.05, 0) is 11.5 Å². The van der Waals surface area contributed by atoms with Crippen LogP contribution in [0, 0.1) is 11.8 Å². The van der Waals surface area contributed by atoms with E-state index in [1.807, 2.05) is 37.3 Å². The molecule has 1 aliphatic heterocycles. The Kier molecular flexibility index (Phi) is 4.43. The van der Waals surface area contributed by atoms with E-state index in [1.165, 1.54) is 16.9 Å². The van der Waals surface area contributed by atoms with E-state index in [4.69, 9.17) is 5.73 Å². The highest BCUT2D eigenvalue weighted by molar-refractivity contribution is 7.09. The number of hydrogen-bond donors (Lipinski definition) is 1. The molecule has 0 saturated carbocycles. The van der Waals surface area contributed by atoms with Gasteiger partial charge in [-0.2, -0.15) is 0 Å². The van der Waals surface area contributed by atoms with Crippen molar-refractivity contribution in [2.75, 3.05) is 13.1 Å². The zero-order valence-electron chi connectivity index (χ0n) is 12.9. The summed E-state index contributed by atoms with van der Waals surface area (Å²) in [4.78, 5) is 30.1. The van der Waals surface area contributed by atoms with Gasteiger partial charge in [-0.25, -0.2) is 4.98 Å². The van der Waals surface area contributed by atoms with Gasteiger partial charge in [0.2, 0.25) is 5.91 Å². The van der Waals surface area contributed by atoms with Crippen LogP contribution in [0.15, 0.2) is 35.7 Å². The van der Waals surface area contributed by atoms with Crippen molar-refractivity contribution >= 4 is 23.2 Å². The molecule has 2 heterocycles. The molecule has 2 N–H and O–H groups in total. The predicted molar refractivity (Wildman–Crippen MR) is 89.1 cm³/mol. The third-order valence-electron chi connectivity index (χ3n) is 4.23. The van der Waals surface area contributed by atoms with Gasteiger partial charge in [0.25, 0.3) is 5.91 Å². The van der Waals surface area contributed by atoms with Crippen LogP contribution in [0.25, 0.3) is 0 Å². The summed E-state index contributed by atoms with van der Waals surface area (Å²) in [5.41, 5.74) is 7.02. The van der Waals surface area contributed by atoms with Gasteiger partial charge in [0.05, 0.1) is 10.9 Å². The number of primary amides is 1. The molecule has 0 radical (unpaired) electrons. The highest BCUT2D eigenvalue weighted by Gasteiger charge is 2.36. The van der Waals surface area contributed by atoms with Gasteiger partial charge >= 0.3 is 0 Å². The number of hydrogen-bond acceptors (Lipinski definition) is 4. The average molecular weight is 329 g/mol. The van der Waals surface area contributed by atoms with E-state index in [2.05, 4.69) is 4.98 Å². The fourth-order valence-electron chi connectivity index (χ4n) is 2.93. The normalized spacial score (nSPS) is 20.7. The first kappa shape index (κ1) is 15.7. The van der Waals surface area contributed by atoms with Crippen LogP contribution in [0.4, 0.5) is 0 Å².